The number of hydrogen-bond donors (Lipinski definition) is 1. The Morgan fingerprint density at radius 2 is 1.57 bits per heavy atom. The van der Waals surface area contributed by atoms with E-state index in [2.05, 4.69) is 42.6 Å². The fourth-order valence-electron chi connectivity index (χ4n) is 3.16. The molecule has 0 aliphatic carbocycles. The summed E-state index contributed by atoms with van der Waals surface area (Å²) in [4.78, 5) is 4.76. The molecule has 4 rings (SSSR count). The largest absolute Gasteiger partial charge is 0.436 e. The lowest BCUT2D eigenvalue weighted by atomic mass is 9.87. The molecule has 4 aromatic rings. The van der Waals surface area contributed by atoms with Crippen LogP contribution in [0.25, 0.3) is 22.6 Å². The van der Waals surface area contributed by atoms with Crippen LogP contribution in [-0.4, -0.2) is 13.4 Å². The molecule has 0 unspecified atom stereocenters. The second kappa shape index (κ2) is 7.29. The van der Waals surface area contributed by atoms with Crippen LogP contribution in [0.2, 0.25) is 0 Å². The summed E-state index contributed by atoms with van der Waals surface area (Å²) in [5, 5.41) is 0. The van der Waals surface area contributed by atoms with E-state index < -0.39 is 10.0 Å². The molecular weight excluding hydrogens is 396 g/mol. The van der Waals surface area contributed by atoms with E-state index in [1.807, 2.05) is 19.1 Å². The van der Waals surface area contributed by atoms with E-state index in [9.17, 15) is 8.42 Å². The SMILES string of the molecule is Cc1ccc(S(=O)(=O)Nc2ccc3oc(-c4ccc(C(C)(C)C)cc4)nc3c2)cc1. The smallest absolute Gasteiger partial charge is 0.261 e. The van der Waals surface area contributed by atoms with Crippen molar-refractivity contribution in [2.75, 3.05) is 4.72 Å². The Bertz CT molecular complexity index is 1300. The number of oxazole rings is 1. The summed E-state index contributed by atoms with van der Waals surface area (Å²) in [6.07, 6.45) is 0. The number of aryl methyl sites for hydroxylation is 1. The number of hydrogen-bond acceptors (Lipinski definition) is 4. The van der Waals surface area contributed by atoms with Crippen molar-refractivity contribution in [3.8, 4) is 11.5 Å². The van der Waals surface area contributed by atoms with Crippen LogP contribution in [0, 0.1) is 6.92 Å². The molecule has 0 amide bonds. The van der Waals surface area contributed by atoms with Crippen LogP contribution in [0.5, 0.6) is 0 Å². The average Bonchev–Trinajstić information content (AvgIpc) is 3.11. The van der Waals surface area contributed by atoms with Crippen LogP contribution >= 0.6 is 0 Å². The molecule has 6 heteroatoms. The molecule has 0 aliphatic heterocycles. The molecule has 0 aliphatic rings. The van der Waals surface area contributed by atoms with Crippen molar-refractivity contribution in [2.24, 2.45) is 0 Å². The molecule has 0 bridgehead atoms. The summed E-state index contributed by atoms with van der Waals surface area (Å²) < 4.78 is 33.8. The van der Waals surface area contributed by atoms with Gasteiger partial charge in [0.1, 0.15) is 5.52 Å². The fourth-order valence-corrected chi connectivity index (χ4v) is 4.21. The summed E-state index contributed by atoms with van der Waals surface area (Å²) in [5.74, 6) is 0.504. The lowest BCUT2D eigenvalue weighted by molar-refractivity contribution is 0.589. The maximum Gasteiger partial charge on any atom is 0.261 e. The number of fused-ring (bicyclic) bond motifs is 1. The Labute approximate surface area is 176 Å². The van der Waals surface area contributed by atoms with E-state index in [1.54, 1.807) is 42.5 Å². The third kappa shape index (κ3) is 4.09. The zero-order chi connectivity index (χ0) is 21.5. The predicted octanol–water partition coefficient (Wildman–Crippen LogP) is 5.90. The molecule has 1 heterocycles. The van der Waals surface area contributed by atoms with Gasteiger partial charge in [0.2, 0.25) is 5.89 Å². The van der Waals surface area contributed by atoms with Gasteiger partial charge in [-0.15, -0.1) is 0 Å². The molecule has 0 saturated carbocycles. The Hall–Kier alpha value is -3.12. The highest BCUT2D eigenvalue weighted by Gasteiger charge is 2.17. The maximum absolute atomic E-state index is 12.6. The molecule has 5 nitrogen and oxygen atoms in total. The van der Waals surface area contributed by atoms with Crippen molar-refractivity contribution in [1.29, 1.82) is 0 Å². The standard InChI is InChI=1S/C24H24N2O3S/c1-16-5-12-20(13-6-16)30(27,28)26-19-11-14-22-21(15-19)25-23(29-22)17-7-9-18(10-8-17)24(2,3)4/h5-15,26H,1-4H3. The number of anilines is 1. The van der Waals surface area contributed by atoms with Crippen molar-refractivity contribution in [2.45, 2.75) is 38.0 Å². The Balaban J connectivity index is 1.62. The third-order valence-electron chi connectivity index (χ3n) is 4.97. The first-order chi connectivity index (χ1) is 14.1. The Kier molecular flexibility index (Phi) is 4.90. The molecule has 0 atom stereocenters. The lowest BCUT2D eigenvalue weighted by Crippen LogP contribution is -2.12. The van der Waals surface area contributed by atoms with Crippen LogP contribution in [0.3, 0.4) is 0 Å². The van der Waals surface area contributed by atoms with Crippen LogP contribution < -0.4 is 4.72 Å². The van der Waals surface area contributed by atoms with Gasteiger partial charge in [-0.1, -0.05) is 50.6 Å². The van der Waals surface area contributed by atoms with Crippen molar-refractivity contribution in [3.05, 3.63) is 77.9 Å². The zero-order valence-corrected chi connectivity index (χ0v) is 18.2. The minimum absolute atomic E-state index is 0.0728. The molecule has 30 heavy (non-hydrogen) atoms. The Morgan fingerprint density at radius 3 is 2.20 bits per heavy atom. The van der Waals surface area contributed by atoms with Crippen molar-refractivity contribution in [1.82, 2.24) is 4.98 Å². The highest BCUT2D eigenvalue weighted by Crippen LogP contribution is 2.29. The summed E-state index contributed by atoms with van der Waals surface area (Å²) >= 11 is 0. The van der Waals surface area contributed by atoms with Gasteiger partial charge in [-0.25, -0.2) is 13.4 Å². The first kappa shape index (κ1) is 20.2. The van der Waals surface area contributed by atoms with E-state index in [0.29, 0.717) is 22.7 Å². The highest BCUT2D eigenvalue weighted by atomic mass is 32.2. The van der Waals surface area contributed by atoms with Gasteiger partial charge in [0.25, 0.3) is 10.0 Å². The number of nitrogens with one attached hydrogen (secondary N) is 1. The predicted molar refractivity (Wildman–Crippen MR) is 120 cm³/mol. The number of nitrogens with zero attached hydrogens (tertiary/aromatic N) is 1. The molecule has 0 spiro atoms. The summed E-state index contributed by atoms with van der Waals surface area (Å²) in [6.45, 7) is 8.42. The maximum atomic E-state index is 12.6. The van der Waals surface area contributed by atoms with Gasteiger partial charge in [0.05, 0.1) is 10.6 Å². The highest BCUT2D eigenvalue weighted by molar-refractivity contribution is 7.92. The summed E-state index contributed by atoms with van der Waals surface area (Å²) in [6, 6.07) is 19.9. The van der Waals surface area contributed by atoms with Gasteiger partial charge in [-0.3, -0.25) is 4.72 Å². The Morgan fingerprint density at radius 1 is 0.900 bits per heavy atom. The molecule has 1 N–H and O–H groups in total. The molecule has 0 saturated heterocycles. The zero-order valence-electron chi connectivity index (χ0n) is 17.4. The fraction of sp³-hybridized carbons (Fsp3) is 0.208. The van der Waals surface area contributed by atoms with E-state index in [4.69, 9.17) is 4.42 Å². The van der Waals surface area contributed by atoms with Crippen LogP contribution in [-0.2, 0) is 15.4 Å². The molecule has 1 aromatic heterocycles. The first-order valence-corrected chi connectivity index (χ1v) is 11.2. The monoisotopic (exact) mass is 420 g/mol. The number of sulfonamides is 1. The molecular formula is C24H24N2O3S. The molecule has 0 radical (unpaired) electrons. The number of benzene rings is 3. The number of aromatic nitrogens is 1. The minimum atomic E-state index is -3.67. The van der Waals surface area contributed by atoms with Gasteiger partial charge in [-0.05, 0) is 60.4 Å². The summed E-state index contributed by atoms with van der Waals surface area (Å²) in [5.41, 5.74) is 4.81. The second-order valence-corrected chi connectivity index (χ2v) is 10.1. The van der Waals surface area contributed by atoms with Crippen molar-refractivity contribution in [3.63, 3.8) is 0 Å². The van der Waals surface area contributed by atoms with Gasteiger partial charge >= 0.3 is 0 Å². The van der Waals surface area contributed by atoms with Gasteiger partial charge in [0, 0.05) is 5.56 Å². The average molecular weight is 421 g/mol. The molecule has 3 aromatic carbocycles. The lowest BCUT2D eigenvalue weighted by Gasteiger charge is -2.18. The van der Waals surface area contributed by atoms with E-state index >= 15 is 0 Å². The van der Waals surface area contributed by atoms with Gasteiger partial charge in [0.15, 0.2) is 5.58 Å². The molecule has 154 valence electrons. The summed E-state index contributed by atoms with van der Waals surface area (Å²) in [7, 11) is -3.67. The van der Waals surface area contributed by atoms with Crippen molar-refractivity contribution >= 4 is 26.8 Å². The number of rotatable bonds is 4. The van der Waals surface area contributed by atoms with Crippen LogP contribution in [0.1, 0.15) is 31.9 Å². The normalized spacial score (nSPS) is 12.3. The second-order valence-electron chi connectivity index (χ2n) is 8.45. The molecule has 0 fully saturated rings. The minimum Gasteiger partial charge on any atom is -0.436 e. The van der Waals surface area contributed by atoms with Crippen LogP contribution in [0.15, 0.2) is 76.0 Å². The quantitative estimate of drug-likeness (QED) is 0.446. The van der Waals surface area contributed by atoms with Gasteiger partial charge < -0.3 is 4.42 Å². The topological polar surface area (TPSA) is 72.2 Å². The third-order valence-corrected chi connectivity index (χ3v) is 6.37. The first-order valence-electron chi connectivity index (χ1n) is 9.73. The van der Waals surface area contributed by atoms with E-state index in [1.165, 1.54) is 5.56 Å². The van der Waals surface area contributed by atoms with Crippen molar-refractivity contribution < 1.29 is 12.8 Å². The van der Waals surface area contributed by atoms with E-state index in [0.717, 1.165) is 11.1 Å². The van der Waals surface area contributed by atoms with Crippen LogP contribution in [0.4, 0.5) is 5.69 Å². The van der Waals surface area contributed by atoms with E-state index in [-0.39, 0.29) is 10.3 Å². The van der Waals surface area contributed by atoms with Gasteiger partial charge in [-0.2, -0.15) is 0 Å².